The number of piperidine rings is 1. The van der Waals surface area contributed by atoms with Gasteiger partial charge in [0, 0.05) is 50.3 Å². The van der Waals surface area contributed by atoms with E-state index in [1.54, 1.807) is 6.92 Å². The molecule has 6 rings (SSSR count). The SMILES string of the molecule is C[C@@H]1C[C@H]2C(=O)O[C@@H](C)[C@H](NC(=O)[C@H](Cc3cc(F)cc(F)c3)NC(=O)Nc3cccc(OC(F)(F)F)c3)C(=O)N3C[C@H](O)C[C@H]3C(=O)N3CCCC[C@H]3C(=O)N[C@@H](C)C(=O)N2C1. The van der Waals surface area contributed by atoms with Gasteiger partial charge in [0.25, 0.3) is 0 Å². The van der Waals surface area contributed by atoms with Crippen LogP contribution in [0, 0.1) is 17.6 Å². The number of nitrogens with zero attached hydrogens (tertiary/aromatic N) is 3. The van der Waals surface area contributed by atoms with Gasteiger partial charge in [-0.15, -0.1) is 13.2 Å². The summed E-state index contributed by atoms with van der Waals surface area (Å²) in [5, 5.41) is 20.5. The van der Waals surface area contributed by atoms with Gasteiger partial charge in [-0.1, -0.05) is 13.0 Å². The first kappa shape index (κ1) is 46.4. The van der Waals surface area contributed by atoms with E-state index < -0.39 is 127 Å². The molecule has 4 heterocycles. The van der Waals surface area contributed by atoms with Crippen molar-refractivity contribution in [3.8, 4) is 5.75 Å². The number of hydrogen-bond acceptors (Lipinski definition) is 10. The summed E-state index contributed by atoms with van der Waals surface area (Å²) >= 11 is 0. The van der Waals surface area contributed by atoms with Crippen LogP contribution in [0.4, 0.5) is 32.4 Å². The lowest BCUT2D eigenvalue weighted by molar-refractivity contribution is -0.274. The number of aliphatic hydroxyl groups is 1. The average molecular weight is 894 g/mol. The average Bonchev–Trinajstić information content (AvgIpc) is 3.79. The fourth-order valence-corrected chi connectivity index (χ4v) is 8.50. The van der Waals surface area contributed by atoms with Crippen LogP contribution in [0.3, 0.4) is 0 Å². The molecule has 63 heavy (non-hydrogen) atoms. The molecule has 342 valence electrons. The number of carbonyl (C=O) groups is 7. The van der Waals surface area contributed by atoms with E-state index in [0.29, 0.717) is 18.9 Å². The van der Waals surface area contributed by atoms with Gasteiger partial charge in [0.05, 0.1) is 6.10 Å². The molecule has 7 amide bonds. The summed E-state index contributed by atoms with van der Waals surface area (Å²) in [5.74, 6) is -8.06. The first-order valence-corrected chi connectivity index (χ1v) is 20.5. The van der Waals surface area contributed by atoms with Gasteiger partial charge in [0.1, 0.15) is 59.7 Å². The fourth-order valence-electron chi connectivity index (χ4n) is 8.50. The molecule has 0 bridgehead atoms. The summed E-state index contributed by atoms with van der Waals surface area (Å²) in [5.41, 5.74) is -0.376. The van der Waals surface area contributed by atoms with E-state index >= 15 is 0 Å². The first-order chi connectivity index (χ1) is 29.7. The monoisotopic (exact) mass is 893 g/mol. The Balaban J connectivity index is 1.34. The maximum absolute atomic E-state index is 14.7. The topological polar surface area (TPSA) is 216 Å². The molecule has 4 aliphatic heterocycles. The summed E-state index contributed by atoms with van der Waals surface area (Å²) in [4.78, 5) is 102. The molecule has 22 heteroatoms. The van der Waals surface area contributed by atoms with Crippen molar-refractivity contribution in [2.75, 3.05) is 25.0 Å². The number of benzene rings is 2. The molecule has 9 atom stereocenters. The van der Waals surface area contributed by atoms with E-state index in [-0.39, 0.29) is 49.5 Å². The maximum atomic E-state index is 14.7. The first-order valence-electron chi connectivity index (χ1n) is 20.5. The standard InChI is InChI=1S/C41H48F5N7O10/c1-20-11-32-39(60)62-22(3)33(38(59)53-19-27(54)17-31(53)37(58)51-10-5-4-9-30(51)35(56)47-21(2)36(57)52(32)18-20)50-34(55)29(14-23-12-24(42)15-25(43)13-23)49-40(61)48-26-7-6-8-28(16-26)63-41(44,45)46/h6-8,12-13,15-16,20-22,27,29-33,54H,4-5,9-11,14,17-19H2,1-3H3,(H,47,56)(H,50,55)(H2,48,49,61)/t20-,21+,22+,27-,29+,30+,31+,32+,33+/m1/s1. The van der Waals surface area contributed by atoms with Gasteiger partial charge in [0.2, 0.25) is 29.5 Å². The van der Waals surface area contributed by atoms with E-state index in [0.717, 1.165) is 35.2 Å². The predicted molar refractivity (Wildman–Crippen MR) is 209 cm³/mol. The predicted octanol–water partition coefficient (Wildman–Crippen LogP) is 2.11. The molecule has 0 saturated carbocycles. The Morgan fingerprint density at radius 3 is 2.29 bits per heavy atom. The quantitative estimate of drug-likeness (QED) is 0.202. The van der Waals surface area contributed by atoms with E-state index in [1.165, 1.54) is 29.7 Å². The summed E-state index contributed by atoms with van der Waals surface area (Å²) in [6.07, 6.45) is -7.31. The highest BCUT2D eigenvalue weighted by Crippen LogP contribution is 2.30. The molecule has 0 spiro atoms. The Labute approximate surface area is 358 Å². The number of halogens is 5. The molecule has 2 aromatic rings. The van der Waals surface area contributed by atoms with Crippen molar-refractivity contribution in [2.24, 2.45) is 5.92 Å². The number of rotatable bonds is 7. The van der Waals surface area contributed by atoms with Crippen molar-refractivity contribution in [1.29, 1.82) is 0 Å². The van der Waals surface area contributed by atoms with Crippen LogP contribution in [-0.4, -0.2) is 136 Å². The zero-order valence-corrected chi connectivity index (χ0v) is 34.5. The molecule has 17 nitrogen and oxygen atoms in total. The minimum atomic E-state index is -5.06. The molecule has 4 fully saturated rings. The van der Waals surface area contributed by atoms with Crippen LogP contribution >= 0.6 is 0 Å². The zero-order valence-electron chi connectivity index (χ0n) is 34.5. The largest absolute Gasteiger partial charge is 0.573 e. The Morgan fingerprint density at radius 2 is 1.59 bits per heavy atom. The lowest BCUT2D eigenvalue weighted by Crippen LogP contribution is -2.63. The lowest BCUT2D eigenvalue weighted by Gasteiger charge is -2.39. The highest BCUT2D eigenvalue weighted by Gasteiger charge is 2.49. The second kappa shape index (κ2) is 19.1. The molecule has 0 aromatic heterocycles. The number of ether oxygens (including phenoxy) is 2. The van der Waals surface area contributed by atoms with Crippen molar-refractivity contribution in [1.82, 2.24) is 30.7 Å². The number of amides is 7. The number of urea groups is 1. The minimum Gasteiger partial charge on any atom is -0.458 e. The molecular formula is C41H48F5N7O10. The number of fused-ring (bicyclic) bond motifs is 3. The van der Waals surface area contributed by atoms with Crippen LogP contribution < -0.4 is 26.0 Å². The van der Waals surface area contributed by atoms with Crippen molar-refractivity contribution in [2.45, 2.75) is 114 Å². The number of alkyl halides is 3. The third-order valence-corrected chi connectivity index (χ3v) is 11.4. The van der Waals surface area contributed by atoms with Gasteiger partial charge >= 0.3 is 18.4 Å². The third kappa shape index (κ3) is 11.3. The molecule has 0 aliphatic carbocycles. The van der Waals surface area contributed by atoms with Crippen LogP contribution in [0.25, 0.3) is 0 Å². The second-order valence-corrected chi connectivity index (χ2v) is 16.4. The lowest BCUT2D eigenvalue weighted by atomic mass is 9.98. The highest BCUT2D eigenvalue weighted by atomic mass is 19.4. The number of hydrogen-bond donors (Lipinski definition) is 5. The van der Waals surface area contributed by atoms with Crippen molar-refractivity contribution < 1.29 is 70.1 Å². The number of anilines is 1. The number of cyclic esters (lactones) is 1. The zero-order chi connectivity index (χ0) is 45.9. The Kier molecular flexibility index (Phi) is 14.1. The minimum absolute atomic E-state index is 0.114. The van der Waals surface area contributed by atoms with Crippen LogP contribution in [0.15, 0.2) is 42.5 Å². The van der Waals surface area contributed by atoms with Gasteiger partial charge in [-0.05, 0) is 75.3 Å². The molecule has 4 saturated heterocycles. The van der Waals surface area contributed by atoms with Gasteiger partial charge in [-0.25, -0.2) is 18.4 Å². The molecule has 4 aliphatic rings. The molecule has 5 N–H and O–H groups in total. The van der Waals surface area contributed by atoms with Crippen LogP contribution in [-0.2, 0) is 39.9 Å². The van der Waals surface area contributed by atoms with E-state index in [1.807, 2.05) is 0 Å². The summed E-state index contributed by atoms with van der Waals surface area (Å²) < 4.78 is 77.1. The molecule has 0 radical (unpaired) electrons. The van der Waals surface area contributed by atoms with Gasteiger partial charge in [-0.2, -0.15) is 0 Å². The van der Waals surface area contributed by atoms with Crippen molar-refractivity contribution in [3.05, 3.63) is 59.7 Å². The smallest absolute Gasteiger partial charge is 0.458 e. The summed E-state index contributed by atoms with van der Waals surface area (Å²) in [6.45, 7) is 4.31. The number of esters is 1. The molecule has 2 aromatic carbocycles. The second-order valence-electron chi connectivity index (χ2n) is 16.4. The molecular weight excluding hydrogens is 845 g/mol. The van der Waals surface area contributed by atoms with Gasteiger partial charge in [-0.3, -0.25) is 24.0 Å². The Morgan fingerprint density at radius 1 is 0.889 bits per heavy atom. The van der Waals surface area contributed by atoms with E-state index in [2.05, 4.69) is 26.0 Å². The van der Waals surface area contributed by atoms with E-state index in [4.69, 9.17) is 4.74 Å². The molecule has 0 unspecified atom stereocenters. The highest BCUT2D eigenvalue weighted by molar-refractivity contribution is 5.99. The number of nitrogens with one attached hydrogen (secondary N) is 4. The number of carbonyl (C=O) groups excluding carboxylic acids is 7. The van der Waals surface area contributed by atoms with Crippen LogP contribution in [0.5, 0.6) is 5.75 Å². The van der Waals surface area contributed by atoms with Gasteiger partial charge < -0.3 is 50.5 Å². The van der Waals surface area contributed by atoms with Gasteiger partial charge in [0.15, 0.2) is 0 Å². The third-order valence-electron chi connectivity index (χ3n) is 11.4. The Bertz CT molecular complexity index is 2090. The van der Waals surface area contributed by atoms with Crippen LogP contribution in [0.1, 0.15) is 58.4 Å². The summed E-state index contributed by atoms with van der Waals surface area (Å²) in [6, 6.07) is -3.12. The normalized spacial score (nSPS) is 27.7. The maximum Gasteiger partial charge on any atom is 0.573 e. The Hall–Kier alpha value is -6.06. The van der Waals surface area contributed by atoms with Crippen molar-refractivity contribution in [3.63, 3.8) is 0 Å². The fraction of sp³-hybridized carbons (Fsp3) is 0.537. The van der Waals surface area contributed by atoms with E-state index in [9.17, 15) is 60.6 Å². The van der Waals surface area contributed by atoms with Crippen molar-refractivity contribution >= 4 is 47.2 Å². The number of aliphatic hydroxyl groups excluding tert-OH is 1. The summed E-state index contributed by atoms with van der Waals surface area (Å²) in [7, 11) is 0. The van der Waals surface area contributed by atoms with Crippen LogP contribution in [0.2, 0.25) is 0 Å².